The van der Waals surface area contributed by atoms with E-state index < -0.39 is 0 Å². The van der Waals surface area contributed by atoms with Crippen molar-refractivity contribution in [1.82, 2.24) is 9.97 Å². The molecule has 0 radical (unpaired) electrons. The smallest absolute Gasteiger partial charge is 0.239 e. The molecule has 0 N–H and O–H groups in total. The summed E-state index contributed by atoms with van der Waals surface area (Å²) in [6, 6.07) is 0.321. The Kier molecular flexibility index (Phi) is 2.05. The standard InChI is InChI=1S/C13H14ClN3O/c14-12-15-7-9-10(16-12)17(8-3-1-2-4-8)11(18)13(9)5-6-13/h7-8H,1-6H2. The zero-order chi connectivity index (χ0) is 12.3. The van der Waals surface area contributed by atoms with E-state index in [0.717, 1.165) is 37.1 Å². The third-order valence-electron chi connectivity index (χ3n) is 4.55. The summed E-state index contributed by atoms with van der Waals surface area (Å²) in [7, 11) is 0. The molecule has 1 spiro atoms. The average Bonchev–Trinajstić information content (AvgIpc) is 2.91. The van der Waals surface area contributed by atoms with E-state index in [4.69, 9.17) is 11.6 Å². The Balaban J connectivity index is 1.85. The van der Waals surface area contributed by atoms with Gasteiger partial charge in [-0.1, -0.05) is 12.8 Å². The number of rotatable bonds is 1. The van der Waals surface area contributed by atoms with Gasteiger partial charge in [-0.2, -0.15) is 4.98 Å². The van der Waals surface area contributed by atoms with Gasteiger partial charge < -0.3 is 0 Å². The molecule has 1 aliphatic heterocycles. The maximum atomic E-state index is 12.7. The lowest BCUT2D eigenvalue weighted by Crippen LogP contribution is -2.39. The summed E-state index contributed by atoms with van der Waals surface area (Å²) in [5.41, 5.74) is 0.714. The number of halogens is 1. The number of hydrogen-bond donors (Lipinski definition) is 0. The molecule has 2 aliphatic carbocycles. The van der Waals surface area contributed by atoms with E-state index >= 15 is 0 Å². The van der Waals surface area contributed by atoms with Gasteiger partial charge in [0.1, 0.15) is 5.82 Å². The van der Waals surface area contributed by atoms with Gasteiger partial charge in [-0.05, 0) is 37.3 Å². The molecule has 2 heterocycles. The molecule has 1 aromatic heterocycles. The van der Waals surface area contributed by atoms with Crippen LogP contribution in [0.1, 0.15) is 44.1 Å². The first-order valence-electron chi connectivity index (χ1n) is 6.59. The van der Waals surface area contributed by atoms with Gasteiger partial charge in [0.15, 0.2) is 0 Å². The number of nitrogens with zero attached hydrogens (tertiary/aromatic N) is 3. The Bertz CT molecular complexity index is 535. The van der Waals surface area contributed by atoms with Gasteiger partial charge in [-0.3, -0.25) is 9.69 Å². The molecular weight excluding hydrogens is 250 g/mol. The van der Waals surface area contributed by atoms with Gasteiger partial charge in [0.05, 0.1) is 5.41 Å². The van der Waals surface area contributed by atoms with Crippen LogP contribution in [0.5, 0.6) is 0 Å². The molecule has 0 unspecified atom stereocenters. The minimum Gasteiger partial charge on any atom is -0.293 e. The number of carbonyl (C=O) groups is 1. The van der Waals surface area contributed by atoms with E-state index in [9.17, 15) is 4.79 Å². The fourth-order valence-electron chi connectivity index (χ4n) is 3.42. The Labute approximate surface area is 110 Å². The predicted octanol–water partition coefficient (Wildman–Crippen LogP) is 2.45. The molecule has 5 heteroatoms. The van der Waals surface area contributed by atoms with Crippen molar-refractivity contribution in [3.63, 3.8) is 0 Å². The molecule has 18 heavy (non-hydrogen) atoms. The Morgan fingerprint density at radius 1 is 1.33 bits per heavy atom. The van der Waals surface area contributed by atoms with Crippen LogP contribution in [-0.2, 0) is 10.2 Å². The SMILES string of the molecule is O=C1N(C2CCCC2)c2nc(Cl)ncc2C12CC2. The van der Waals surface area contributed by atoms with Crippen molar-refractivity contribution < 1.29 is 4.79 Å². The van der Waals surface area contributed by atoms with Gasteiger partial charge in [0, 0.05) is 17.8 Å². The Morgan fingerprint density at radius 2 is 2.06 bits per heavy atom. The van der Waals surface area contributed by atoms with Crippen molar-refractivity contribution in [2.75, 3.05) is 4.90 Å². The van der Waals surface area contributed by atoms with Crippen LogP contribution in [0.15, 0.2) is 6.20 Å². The number of hydrogen-bond acceptors (Lipinski definition) is 3. The predicted molar refractivity (Wildman–Crippen MR) is 67.7 cm³/mol. The van der Waals surface area contributed by atoms with Crippen LogP contribution in [-0.4, -0.2) is 21.9 Å². The summed E-state index contributed by atoms with van der Waals surface area (Å²) in [4.78, 5) is 23.0. The van der Waals surface area contributed by atoms with Crippen molar-refractivity contribution in [3.05, 3.63) is 17.0 Å². The van der Waals surface area contributed by atoms with E-state index in [0.29, 0.717) is 6.04 Å². The molecule has 3 aliphatic rings. The average molecular weight is 264 g/mol. The van der Waals surface area contributed by atoms with Crippen LogP contribution < -0.4 is 4.90 Å². The summed E-state index contributed by atoms with van der Waals surface area (Å²) >= 11 is 5.90. The van der Waals surface area contributed by atoms with Crippen molar-refractivity contribution in [2.45, 2.75) is 50.0 Å². The molecule has 2 fully saturated rings. The van der Waals surface area contributed by atoms with E-state index in [1.807, 2.05) is 4.90 Å². The van der Waals surface area contributed by atoms with Crippen molar-refractivity contribution in [1.29, 1.82) is 0 Å². The molecule has 0 saturated heterocycles. The zero-order valence-electron chi connectivity index (χ0n) is 10.0. The van der Waals surface area contributed by atoms with Crippen molar-refractivity contribution in [2.24, 2.45) is 0 Å². The molecule has 4 nitrogen and oxygen atoms in total. The number of anilines is 1. The Morgan fingerprint density at radius 3 is 2.72 bits per heavy atom. The quantitative estimate of drug-likeness (QED) is 0.731. The number of fused-ring (bicyclic) bond motifs is 2. The lowest BCUT2D eigenvalue weighted by molar-refractivity contribution is -0.120. The van der Waals surface area contributed by atoms with E-state index in [-0.39, 0.29) is 16.6 Å². The van der Waals surface area contributed by atoms with Crippen molar-refractivity contribution in [3.8, 4) is 0 Å². The van der Waals surface area contributed by atoms with Gasteiger partial charge in [-0.25, -0.2) is 4.98 Å². The second kappa shape index (κ2) is 3.44. The van der Waals surface area contributed by atoms with E-state index in [1.165, 1.54) is 12.8 Å². The fraction of sp³-hybridized carbons (Fsp3) is 0.615. The molecule has 2 saturated carbocycles. The van der Waals surface area contributed by atoms with Crippen LogP contribution >= 0.6 is 11.6 Å². The number of aromatic nitrogens is 2. The van der Waals surface area contributed by atoms with Crippen LogP contribution in [0, 0.1) is 0 Å². The first-order chi connectivity index (χ1) is 8.72. The minimum atomic E-state index is -0.289. The molecule has 1 aromatic rings. The third-order valence-corrected chi connectivity index (χ3v) is 4.73. The van der Waals surface area contributed by atoms with Crippen LogP contribution in [0.25, 0.3) is 0 Å². The highest BCUT2D eigenvalue weighted by molar-refractivity contribution is 6.28. The highest BCUT2D eigenvalue weighted by Crippen LogP contribution is 2.57. The largest absolute Gasteiger partial charge is 0.293 e. The van der Waals surface area contributed by atoms with E-state index in [1.54, 1.807) is 6.20 Å². The van der Waals surface area contributed by atoms with Gasteiger partial charge in [0.25, 0.3) is 0 Å². The van der Waals surface area contributed by atoms with Crippen molar-refractivity contribution >= 4 is 23.3 Å². The molecule has 0 atom stereocenters. The maximum Gasteiger partial charge on any atom is 0.239 e. The molecule has 4 rings (SSSR count). The molecule has 0 bridgehead atoms. The summed E-state index contributed by atoms with van der Waals surface area (Å²) in [5, 5.41) is 0.238. The molecule has 94 valence electrons. The summed E-state index contributed by atoms with van der Waals surface area (Å²) in [5.74, 6) is 1.02. The first kappa shape index (κ1) is 10.7. The third kappa shape index (κ3) is 1.24. The van der Waals surface area contributed by atoms with Gasteiger partial charge >= 0.3 is 0 Å². The molecule has 0 aromatic carbocycles. The number of amides is 1. The maximum absolute atomic E-state index is 12.7. The van der Waals surface area contributed by atoms with Crippen LogP contribution in [0.2, 0.25) is 5.28 Å². The van der Waals surface area contributed by atoms with E-state index in [2.05, 4.69) is 9.97 Å². The lowest BCUT2D eigenvalue weighted by Gasteiger charge is -2.24. The highest BCUT2D eigenvalue weighted by atomic mass is 35.5. The molecule has 1 amide bonds. The zero-order valence-corrected chi connectivity index (χ0v) is 10.8. The Hall–Kier alpha value is -1.16. The molecular formula is C13H14ClN3O. The fourth-order valence-corrected chi connectivity index (χ4v) is 3.55. The van der Waals surface area contributed by atoms with Crippen LogP contribution in [0.4, 0.5) is 5.82 Å². The van der Waals surface area contributed by atoms with Crippen LogP contribution in [0.3, 0.4) is 0 Å². The monoisotopic (exact) mass is 263 g/mol. The summed E-state index contributed by atoms with van der Waals surface area (Å²) in [6.07, 6.45) is 8.21. The van der Waals surface area contributed by atoms with Gasteiger partial charge in [0.2, 0.25) is 11.2 Å². The van der Waals surface area contributed by atoms with Gasteiger partial charge in [-0.15, -0.1) is 0 Å². The highest BCUT2D eigenvalue weighted by Gasteiger charge is 2.61. The number of carbonyl (C=O) groups excluding carboxylic acids is 1. The summed E-state index contributed by atoms with van der Waals surface area (Å²) < 4.78 is 0. The summed E-state index contributed by atoms with van der Waals surface area (Å²) in [6.45, 7) is 0. The second-order valence-corrected chi connectivity index (χ2v) is 5.91. The lowest BCUT2D eigenvalue weighted by atomic mass is 10.0. The minimum absolute atomic E-state index is 0.237. The normalized spacial score (nSPS) is 24.9. The second-order valence-electron chi connectivity index (χ2n) is 5.57. The topological polar surface area (TPSA) is 46.1 Å². The first-order valence-corrected chi connectivity index (χ1v) is 6.97.